The van der Waals surface area contributed by atoms with Gasteiger partial charge in [-0.2, -0.15) is 0 Å². The Labute approximate surface area is 87.3 Å². The molecule has 0 aliphatic heterocycles. The number of aliphatic hydroxyl groups excluding tert-OH is 2. The summed E-state index contributed by atoms with van der Waals surface area (Å²) in [6.45, 7) is 0. The molecule has 1 aromatic heterocycles. The van der Waals surface area contributed by atoms with Gasteiger partial charge in [0.1, 0.15) is 6.10 Å². The molecule has 2 atom stereocenters. The molecule has 15 heavy (non-hydrogen) atoms. The number of nitrogens with zero attached hydrogens (tertiary/aromatic N) is 1. The molecule has 0 aromatic carbocycles. The Morgan fingerprint density at radius 3 is 2.80 bits per heavy atom. The highest BCUT2D eigenvalue weighted by Crippen LogP contribution is 2.16. The lowest BCUT2D eigenvalue weighted by Gasteiger charge is -2.15. The van der Waals surface area contributed by atoms with E-state index in [0.29, 0.717) is 5.69 Å². The Morgan fingerprint density at radius 1 is 1.53 bits per heavy atom. The van der Waals surface area contributed by atoms with E-state index >= 15 is 0 Å². The largest absolute Gasteiger partial charge is 0.469 e. The van der Waals surface area contributed by atoms with Crippen LogP contribution in [0.4, 0.5) is 0 Å². The Hall–Kier alpha value is -1.46. The first-order chi connectivity index (χ1) is 7.15. The summed E-state index contributed by atoms with van der Waals surface area (Å²) >= 11 is 0. The predicted molar refractivity (Wildman–Crippen MR) is 51.8 cm³/mol. The Morgan fingerprint density at radius 2 is 2.27 bits per heavy atom. The molecule has 0 saturated heterocycles. The first kappa shape index (κ1) is 11.6. The molecule has 0 saturated carbocycles. The van der Waals surface area contributed by atoms with Gasteiger partial charge in [-0.1, -0.05) is 6.07 Å². The third kappa shape index (κ3) is 3.30. The number of methoxy groups -OCH3 is 1. The summed E-state index contributed by atoms with van der Waals surface area (Å²) < 4.78 is 4.38. The standard InChI is InChI=1S/C10H13NO4/c1-15-9(13)6-8(12)10(14)7-4-2-3-5-11-7/h2-5,8,10,12,14H,6H2,1H3. The lowest BCUT2D eigenvalue weighted by molar-refractivity contribution is -0.144. The second-order valence-electron chi connectivity index (χ2n) is 3.05. The summed E-state index contributed by atoms with van der Waals surface area (Å²) in [5.74, 6) is -0.572. The molecule has 1 aromatic rings. The fourth-order valence-corrected chi connectivity index (χ4v) is 1.11. The van der Waals surface area contributed by atoms with E-state index < -0.39 is 18.2 Å². The Balaban J connectivity index is 2.61. The highest BCUT2D eigenvalue weighted by atomic mass is 16.5. The van der Waals surface area contributed by atoms with Crippen LogP contribution in [-0.4, -0.2) is 34.4 Å². The molecule has 0 fully saturated rings. The summed E-state index contributed by atoms with van der Waals surface area (Å²) in [7, 11) is 1.22. The normalized spacial score (nSPS) is 14.3. The fraction of sp³-hybridized carbons (Fsp3) is 0.400. The molecule has 2 unspecified atom stereocenters. The lowest BCUT2D eigenvalue weighted by Crippen LogP contribution is -2.23. The summed E-state index contributed by atoms with van der Waals surface area (Å²) in [4.78, 5) is 14.7. The third-order valence-electron chi connectivity index (χ3n) is 1.96. The van der Waals surface area contributed by atoms with Crippen LogP contribution < -0.4 is 0 Å². The summed E-state index contributed by atoms with van der Waals surface area (Å²) in [6, 6.07) is 4.96. The quantitative estimate of drug-likeness (QED) is 0.687. The average molecular weight is 211 g/mol. The van der Waals surface area contributed by atoms with E-state index in [2.05, 4.69) is 9.72 Å². The van der Waals surface area contributed by atoms with Crippen molar-refractivity contribution in [3.63, 3.8) is 0 Å². The first-order valence-electron chi connectivity index (χ1n) is 4.49. The highest BCUT2D eigenvalue weighted by molar-refractivity contribution is 5.69. The number of aliphatic hydroxyl groups is 2. The number of hydrogen-bond donors (Lipinski definition) is 2. The molecular formula is C10H13NO4. The van der Waals surface area contributed by atoms with Crippen molar-refractivity contribution in [1.29, 1.82) is 0 Å². The van der Waals surface area contributed by atoms with Crippen molar-refractivity contribution in [2.45, 2.75) is 18.6 Å². The number of carbonyl (C=O) groups excluding carboxylic acids is 1. The number of aromatic nitrogens is 1. The minimum absolute atomic E-state index is 0.256. The van der Waals surface area contributed by atoms with Gasteiger partial charge >= 0.3 is 5.97 Å². The number of esters is 1. The van der Waals surface area contributed by atoms with Crippen molar-refractivity contribution in [3.05, 3.63) is 30.1 Å². The van der Waals surface area contributed by atoms with Gasteiger partial charge in [0, 0.05) is 6.20 Å². The number of carbonyl (C=O) groups is 1. The maximum absolute atomic E-state index is 10.8. The topological polar surface area (TPSA) is 79.7 Å². The van der Waals surface area contributed by atoms with Gasteiger partial charge in [-0.25, -0.2) is 0 Å². The van der Waals surface area contributed by atoms with Crippen molar-refractivity contribution in [3.8, 4) is 0 Å². The molecular weight excluding hydrogens is 198 g/mol. The molecule has 1 heterocycles. The van der Waals surface area contributed by atoms with Crippen LogP contribution >= 0.6 is 0 Å². The Bertz CT molecular complexity index is 314. The van der Waals surface area contributed by atoms with E-state index in [-0.39, 0.29) is 6.42 Å². The van der Waals surface area contributed by atoms with E-state index in [1.165, 1.54) is 13.3 Å². The zero-order chi connectivity index (χ0) is 11.3. The fourth-order valence-electron chi connectivity index (χ4n) is 1.11. The van der Waals surface area contributed by atoms with Crippen molar-refractivity contribution < 1.29 is 19.7 Å². The highest BCUT2D eigenvalue weighted by Gasteiger charge is 2.22. The van der Waals surface area contributed by atoms with Crippen molar-refractivity contribution in [1.82, 2.24) is 4.98 Å². The smallest absolute Gasteiger partial charge is 0.308 e. The molecule has 0 aliphatic carbocycles. The SMILES string of the molecule is COC(=O)CC(O)C(O)c1ccccn1. The van der Waals surface area contributed by atoms with E-state index in [1.807, 2.05) is 0 Å². The van der Waals surface area contributed by atoms with Crippen LogP contribution in [0.15, 0.2) is 24.4 Å². The molecule has 5 heteroatoms. The van der Waals surface area contributed by atoms with E-state index in [1.54, 1.807) is 18.2 Å². The van der Waals surface area contributed by atoms with Crippen molar-refractivity contribution in [2.75, 3.05) is 7.11 Å². The molecule has 5 nitrogen and oxygen atoms in total. The van der Waals surface area contributed by atoms with E-state index in [9.17, 15) is 15.0 Å². The van der Waals surface area contributed by atoms with Crippen molar-refractivity contribution >= 4 is 5.97 Å². The van der Waals surface area contributed by atoms with Crippen LogP contribution in [0.2, 0.25) is 0 Å². The van der Waals surface area contributed by atoms with Crippen LogP contribution in [0.1, 0.15) is 18.2 Å². The molecule has 0 radical (unpaired) electrons. The molecule has 1 rings (SSSR count). The summed E-state index contributed by atoms with van der Waals surface area (Å²) in [6.07, 6.45) is -1.13. The first-order valence-corrected chi connectivity index (χ1v) is 4.49. The van der Waals surface area contributed by atoms with Gasteiger partial charge in [-0.3, -0.25) is 9.78 Å². The Kier molecular flexibility index (Phi) is 4.20. The van der Waals surface area contributed by atoms with Gasteiger partial charge in [-0.05, 0) is 12.1 Å². The van der Waals surface area contributed by atoms with Gasteiger partial charge in [0.15, 0.2) is 0 Å². The number of ether oxygens (including phenoxy) is 1. The predicted octanol–water partition coefficient (Wildman–Crippen LogP) is 0.0390. The maximum atomic E-state index is 10.8. The summed E-state index contributed by atoms with van der Waals surface area (Å²) in [5.41, 5.74) is 0.328. The molecule has 0 aliphatic rings. The van der Waals surface area contributed by atoms with Crippen molar-refractivity contribution in [2.24, 2.45) is 0 Å². The van der Waals surface area contributed by atoms with E-state index in [0.717, 1.165) is 0 Å². The lowest BCUT2D eigenvalue weighted by atomic mass is 10.1. The zero-order valence-electron chi connectivity index (χ0n) is 8.33. The van der Waals surface area contributed by atoms with Crippen LogP contribution in [-0.2, 0) is 9.53 Å². The van der Waals surface area contributed by atoms with E-state index in [4.69, 9.17) is 0 Å². The van der Waals surface area contributed by atoms with Gasteiger partial charge in [0.05, 0.1) is 25.3 Å². The van der Waals surface area contributed by atoms with Crippen LogP contribution in [0.25, 0.3) is 0 Å². The van der Waals surface area contributed by atoms with Crippen LogP contribution in [0.3, 0.4) is 0 Å². The van der Waals surface area contributed by atoms with Gasteiger partial charge in [0.2, 0.25) is 0 Å². The number of rotatable bonds is 4. The van der Waals surface area contributed by atoms with Gasteiger partial charge in [0.25, 0.3) is 0 Å². The maximum Gasteiger partial charge on any atom is 0.308 e. The van der Waals surface area contributed by atoms with Gasteiger partial charge in [-0.15, -0.1) is 0 Å². The monoisotopic (exact) mass is 211 g/mol. The number of hydrogen-bond acceptors (Lipinski definition) is 5. The minimum atomic E-state index is -1.20. The number of pyridine rings is 1. The third-order valence-corrected chi connectivity index (χ3v) is 1.96. The van der Waals surface area contributed by atoms with Crippen LogP contribution in [0.5, 0.6) is 0 Å². The van der Waals surface area contributed by atoms with Crippen LogP contribution in [0, 0.1) is 0 Å². The molecule has 0 amide bonds. The average Bonchev–Trinajstić information content (AvgIpc) is 2.29. The summed E-state index contributed by atoms with van der Waals surface area (Å²) in [5, 5.41) is 19.1. The molecule has 82 valence electrons. The zero-order valence-corrected chi connectivity index (χ0v) is 8.33. The second kappa shape index (κ2) is 5.43. The second-order valence-corrected chi connectivity index (χ2v) is 3.05. The molecule has 0 spiro atoms. The molecule has 2 N–H and O–H groups in total. The molecule has 0 bridgehead atoms. The minimum Gasteiger partial charge on any atom is -0.469 e. The van der Waals surface area contributed by atoms with Gasteiger partial charge < -0.3 is 14.9 Å².